The van der Waals surface area contributed by atoms with Crippen LogP contribution in [0.15, 0.2) is 23.1 Å². The van der Waals surface area contributed by atoms with E-state index in [1.807, 2.05) is 6.07 Å². The molecule has 118 valence electrons. The molecular formula is C15H25N3O2S. The maximum atomic E-state index is 11.6. The smallest absolute Gasteiger partial charge is 0.175 e. The van der Waals surface area contributed by atoms with Crippen LogP contribution in [-0.2, 0) is 9.84 Å². The highest BCUT2D eigenvalue weighted by Gasteiger charge is 2.27. The molecule has 1 aliphatic heterocycles. The van der Waals surface area contributed by atoms with Crippen molar-refractivity contribution in [2.75, 3.05) is 43.1 Å². The molecule has 0 aromatic heterocycles. The third-order valence-electron chi connectivity index (χ3n) is 4.26. The van der Waals surface area contributed by atoms with Gasteiger partial charge in [-0.05, 0) is 37.7 Å². The van der Waals surface area contributed by atoms with Crippen LogP contribution in [0.5, 0.6) is 0 Å². The molecule has 1 fully saturated rings. The Kier molecular flexibility index (Phi) is 4.78. The van der Waals surface area contributed by atoms with E-state index >= 15 is 0 Å². The Balaban J connectivity index is 2.17. The molecule has 1 aromatic carbocycles. The molecule has 1 unspecified atom stereocenters. The molecule has 0 bridgehead atoms. The Labute approximate surface area is 127 Å². The molecule has 0 aliphatic carbocycles. The summed E-state index contributed by atoms with van der Waals surface area (Å²) in [6, 6.07) is 5.59. The SMILES string of the molecule is CCN(CC)C1CCN(c2ccc(S(C)(=O)=O)cc2N)C1. The molecule has 1 heterocycles. The highest BCUT2D eigenvalue weighted by atomic mass is 32.2. The largest absolute Gasteiger partial charge is 0.397 e. The third-order valence-corrected chi connectivity index (χ3v) is 5.37. The van der Waals surface area contributed by atoms with Gasteiger partial charge in [0, 0.05) is 25.4 Å². The van der Waals surface area contributed by atoms with Gasteiger partial charge in [0.25, 0.3) is 0 Å². The molecular weight excluding hydrogens is 286 g/mol. The lowest BCUT2D eigenvalue weighted by Crippen LogP contribution is -2.37. The molecule has 0 amide bonds. The highest BCUT2D eigenvalue weighted by Crippen LogP contribution is 2.30. The number of hydrogen-bond acceptors (Lipinski definition) is 5. The first-order valence-electron chi connectivity index (χ1n) is 7.45. The van der Waals surface area contributed by atoms with Gasteiger partial charge in [0.05, 0.1) is 16.3 Å². The highest BCUT2D eigenvalue weighted by molar-refractivity contribution is 7.90. The number of benzene rings is 1. The Bertz CT molecular complexity index is 597. The van der Waals surface area contributed by atoms with E-state index in [-0.39, 0.29) is 4.90 Å². The maximum Gasteiger partial charge on any atom is 0.175 e. The van der Waals surface area contributed by atoms with Gasteiger partial charge in [-0.25, -0.2) is 8.42 Å². The summed E-state index contributed by atoms with van der Waals surface area (Å²) in [7, 11) is -3.20. The van der Waals surface area contributed by atoms with Crippen molar-refractivity contribution in [1.29, 1.82) is 0 Å². The lowest BCUT2D eigenvalue weighted by molar-refractivity contribution is 0.232. The molecule has 2 rings (SSSR count). The Morgan fingerprint density at radius 3 is 2.52 bits per heavy atom. The second-order valence-electron chi connectivity index (χ2n) is 5.60. The van der Waals surface area contributed by atoms with E-state index in [2.05, 4.69) is 23.6 Å². The monoisotopic (exact) mass is 311 g/mol. The maximum absolute atomic E-state index is 11.6. The first-order valence-corrected chi connectivity index (χ1v) is 9.34. The lowest BCUT2D eigenvalue weighted by Gasteiger charge is -2.27. The first-order chi connectivity index (χ1) is 9.86. The van der Waals surface area contributed by atoms with E-state index in [0.717, 1.165) is 38.3 Å². The number of rotatable bonds is 5. The normalized spacial score (nSPS) is 19.4. The van der Waals surface area contributed by atoms with E-state index in [4.69, 9.17) is 5.73 Å². The predicted molar refractivity (Wildman–Crippen MR) is 87.5 cm³/mol. The molecule has 1 aromatic rings. The summed E-state index contributed by atoms with van der Waals surface area (Å²) >= 11 is 0. The first kappa shape index (κ1) is 16.1. The third kappa shape index (κ3) is 3.49. The summed E-state index contributed by atoms with van der Waals surface area (Å²) in [6.45, 7) is 8.38. The van der Waals surface area contributed by atoms with Gasteiger partial charge in [-0.15, -0.1) is 0 Å². The molecule has 0 spiro atoms. The number of nitrogen functional groups attached to an aromatic ring is 1. The number of sulfone groups is 1. The fourth-order valence-corrected chi connectivity index (χ4v) is 3.71. The molecule has 0 saturated carbocycles. The van der Waals surface area contributed by atoms with Gasteiger partial charge in [0.1, 0.15) is 0 Å². The van der Waals surface area contributed by atoms with Crippen molar-refractivity contribution in [2.45, 2.75) is 31.2 Å². The summed E-state index contributed by atoms with van der Waals surface area (Å²) < 4.78 is 23.1. The molecule has 0 radical (unpaired) electrons. The van der Waals surface area contributed by atoms with Crippen LogP contribution in [0.3, 0.4) is 0 Å². The van der Waals surface area contributed by atoms with Crippen molar-refractivity contribution < 1.29 is 8.42 Å². The number of nitrogens with zero attached hydrogens (tertiary/aromatic N) is 2. The van der Waals surface area contributed by atoms with Gasteiger partial charge >= 0.3 is 0 Å². The van der Waals surface area contributed by atoms with Crippen molar-refractivity contribution >= 4 is 21.2 Å². The Morgan fingerprint density at radius 1 is 1.33 bits per heavy atom. The van der Waals surface area contributed by atoms with Crippen LogP contribution in [0.2, 0.25) is 0 Å². The molecule has 6 heteroatoms. The van der Waals surface area contributed by atoms with E-state index in [1.165, 1.54) is 6.26 Å². The van der Waals surface area contributed by atoms with Gasteiger partial charge in [0.15, 0.2) is 9.84 Å². The van der Waals surface area contributed by atoms with Gasteiger partial charge in [-0.3, -0.25) is 4.90 Å². The zero-order valence-corrected chi connectivity index (χ0v) is 13.9. The van der Waals surface area contributed by atoms with Crippen LogP contribution in [0.25, 0.3) is 0 Å². The van der Waals surface area contributed by atoms with Crippen LogP contribution < -0.4 is 10.6 Å². The molecule has 1 atom stereocenters. The van der Waals surface area contributed by atoms with Crippen LogP contribution >= 0.6 is 0 Å². The van der Waals surface area contributed by atoms with Crippen molar-refractivity contribution in [2.24, 2.45) is 0 Å². The minimum atomic E-state index is -3.20. The zero-order chi connectivity index (χ0) is 15.6. The minimum absolute atomic E-state index is 0.281. The van der Waals surface area contributed by atoms with Gasteiger partial charge in [-0.2, -0.15) is 0 Å². The molecule has 21 heavy (non-hydrogen) atoms. The fourth-order valence-electron chi connectivity index (χ4n) is 3.05. The molecule has 5 nitrogen and oxygen atoms in total. The van der Waals surface area contributed by atoms with Crippen LogP contribution in [0.4, 0.5) is 11.4 Å². The average Bonchev–Trinajstić information content (AvgIpc) is 2.88. The zero-order valence-electron chi connectivity index (χ0n) is 13.0. The van der Waals surface area contributed by atoms with Crippen LogP contribution in [0, 0.1) is 0 Å². The Morgan fingerprint density at radius 2 is 2.00 bits per heavy atom. The van der Waals surface area contributed by atoms with Crippen molar-refractivity contribution in [1.82, 2.24) is 4.90 Å². The standard InChI is InChI=1S/C15H25N3O2S/c1-4-17(5-2)12-8-9-18(11-12)15-7-6-13(10-14(15)16)21(3,19)20/h6-7,10,12H,4-5,8-9,11,16H2,1-3H3. The molecule has 1 aliphatic rings. The van der Waals surface area contributed by atoms with Crippen LogP contribution in [-0.4, -0.2) is 51.8 Å². The van der Waals surface area contributed by atoms with Gasteiger partial charge < -0.3 is 10.6 Å². The van der Waals surface area contributed by atoms with E-state index in [9.17, 15) is 8.42 Å². The number of nitrogens with two attached hydrogens (primary N) is 1. The van der Waals surface area contributed by atoms with E-state index < -0.39 is 9.84 Å². The van der Waals surface area contributed by atoms with Crippen LogP contribution in [0.1, 0.15) is 20.3 Å². The quantitative estimate of drug-likeness (QED) is 0.837. The van der Waals surface area contributed by atoms with E-state index in [0.29, 0.717) is 11.7 Å². The molecule has 1 saturated heterocycles. The average molecular weight is 311 g/mol. The number of hydrogen-bond donors (Lipinski definition) is 1. The number of anilines is 2. The molecule has 2 N–H and O–H groups in total. The predicted octanol–water partition coefficient (Wildman–Crippen LogP) is 1.59. The lowest BCUT2D eigenvalue weighted by atomic mass is 10.2. The summed E-state index contributed by atoms with van der Waals surface area (Å²) in [5.74, 6) is 0. The summed E-state index contributed by atoms with van der Waals surface area (Å²) in [4.78, 5) is 4.99. The summed E-state index contributed by atoms with van der Waals surface area (Å²) in [6.07, 6.45) is 2.32. The fraction of sp³-hybridized carbons (Fsp3) is 0.600. The van der Waals surface area contributed by atoms with Gasteiger partial charge in [0.2, 0.25) is 0 Å². The van der Waals surface area contributed by atoms with Crippen molar-refractivity contribution in [3.63, 3.8) is 0 Å². The number of likely N-dealkylation sites (N-methyl/N-ethyl adjacent to an activating group) is 1. The second kappa shape index (κ2) is 6.23. The van der Waals surface area contributed by atoms with Crippen molar-refractivity contribution in [3.8, 4) is 0 Å². The summed E-state index contributed by atoms with van der Waals surface area (Å²) in [5, 5.41) is 0. The second-order valence-corrected chi connectivity index (χ2v) is 7.62. The van der Waals surface area contributed by atoms with Gasteiger partial charge in [-0.1, -0.05) is 13.8 Å². The topological polar surface area (TPSA) is 66.6 Å². The van der Waals surface area contributed by atoms with Crippen molar-refractivity contribution in [3.05, 3.63) is 18.2 Å². The Hall–Kier alpha value is -1.27. The van der Waals surface area contributed by atoms with E-state index in [1.54, 1.807) is 12.1 Å². The summed E-state index contributed by atoms with van der Waals surface area (Å²) in [5.41, 5.74) is 7.55. The minimum Gasteiger partial charge on any atom is -0.397 e.